The molecule has 0 saturated carbocycles. The summed E-state index contributed by atoms with van der Waals surface area (Å²) in [5, 5.41) is 13.3. The summed E-state index contributed by atoms with van der Waals surface area (Å²) in [5.74, 6) is -1.93. The van der Waals surface area contributed by atoms with E-state index >= 15 is 0 Å². The molecule has 3 heterocycles. The topological polar surface area (TPSA) is 124 Å². The normalized spacial score (nSPS) is 20.9. The number of halogens is 1. The van der Waals surface area contributed by atoms with Gasteiger partial charge in [-0.2, -0.15) is 0 Å². The van der Waals surface area contributed by atoms with Gasteiger partial charge in [0.25, 0.3) is 11.8 Å². The number of aliphatic imine (C=N–C) groups is 1. The first kappa shape index (κ1) is 24.1. The van der Waals surface area contributed by atoms with E-state index < -0.39 is 11.9 Å². The second-order valence-corrected chi connectivity index (χ2v) is 9.09. The largest absolute Gasteiger partial charge is 0.477 e. The minimum atomic E-state index is -1.19. The molecule has 1 fully saturated rings. The number of piperidine rings is 1. The number of thiazole rings is 1. The fraction of sp³-hybridized carbons (Fsp3) is 0.550. The average Bonchev–Trinajstić information content (AvgIpc) is 3.37. The Morgan fingerprint density at radius 1 is 1.38 bits per heavy atom. The smallest absolute Gasteiger partial charge is 0.348 e. The first-order valence-corrected chi connectivity index (χ1v) is 11.3. The van der Waals surface area contributed by atoms with Crippen LogP contribution >= 0.6 is 22.9 Å². The number of hydrogen-bond donors (Lipinski definition) is 2. The van der Waals surface area contributed by atoms with Crippen LogP contribution < -0.4 is 10.2 Å². The number of hydrogen-bond acceptors (Lipinski definition) is 8. The number of ether oxygens (including phenoxy) is 1. The molecule has 0 radical (unpaired) electrons. The fourth-order valence-corrected chi connectivity index (χ4v) is 4.84. The Kier molecular flexibility index (Phi) is 7.52. The minimum absolute atomic E-state index is 0.0813. The SMILES string of the molecule is CCC1=C(Cl)N=C(C(=O)N[C@@H]2CCN(c3nc(C(=O)N(C)C)c(C(=O)O)s3)C[C@@H]2OC)C1. The first-order chi connectivity index (χ1) is 15.2. The first-order valence-electron chi connectivity index (χ1n) is 10.2. The van der Waals surface area contributed by atoms with Crippen molar-refractivity contribution in [3.63, 3.8) is 0 Å². The Labute approximate surface area is 194 Å². The lowest BCUT2D eigenvalue weighted by molar-refractivity contribution is -0.116. The highest BCUT2D eigenvalue weighted by Crippen LogP contribution is 2.30. The number of carboxylic acid groups (broad SMARTS) is 1. The minimum Gasteiger partial charge on any atom is -0.477 e. The Balaban J connectivity index is 1.70. The molecule has 2 atom stereocenters. The summed E-state index contributed by atoms with van der Waals surface area (Å²) in [6.45, 7) is 2.87. The maximum absolute atomic E-state index is 12.7. The quantitative estimate of drug-likeness (QED) is 0.568. The zero-order valence-electron chi connectivity index (χ0n) is 18.3. The van der Waals surface area contributed by atoms with Gasteiger partial charge in [0.05, 0.1) is 12.1 Å². The van der Waals surface area contributed by atoms with Gasteiger partial charge in [0.2, 0.25) is 0 Å². The second kappa shape index (κ2) is 9.97. The number of aromatic nitrogens is 1. The number of allylic oxidation sites excluding steroid dienone is 1. The van der Waals surface area contributed by atoms with Gasteiger partial charge in [0.15, 0.2) is 10.8 Å². The predicted octanol–water partition coefficient (Wildman–Crippen LogP) is 1.96. The number of methoxy groups -OCH3 is 1. The number of anilines is 1. The molecule has 0 bridgehead atoms. The highest BCUT2D eigenvalue weighted by molar-refractivity contribution is 7.17. The van der Waals surface area contributed by atoms with E-state index in [1.165, 1.54) is 4.90 Å². The molecular formula is C20H26ClN5O5S. The third kappa shape index (κ3) is 4.94. The Hall–Kier alpha value is -2.50. The summed E-state index contributed by atoms with van der Waals surface area (Å²) in [5.41, 5.74) is 1.25. The molecular weight excluding hydrogens is 458 g/mol. The van der Waals surface area contributed by atoms with Crippen molar-refractivity contribution in [1.82, 2.24) is 15.2 Å². The molecule has 2 N–H and O–H groups in total. The van der Waals surface area contributed by atoms with Crippen molar-refractivity contribution in [3.8, 4) is 0 Å². The van der Waals surface area contributed by atoms with E-state index in [1.54, 1.807) is 21.2 Å². The molecule has 12 heteroatoms. The zero-order chi connectivity index (χ0) is 23.6. The zero-order valence-corrected chi connectivity index (χ0v) is 19.9. The van der Waals surface area contributed by atoms with Crippen LogP contribution in [0.3, 0.4) is 0 Å². The van der Waals surface area contributed by atoms with Crippen LogP contribution in [0.5, 0.6) is 0 Å². The fourth-order valence-electron chi connectivity index (χ4n) is 3.61. The van der Waals surface area contributed by atoms with Gasteiger partial charge in [0.1, 0.15) is 15.7 Å². The van der Waals surface area contributed by atoms with Gasteiger partial charge in [-0.05, 0) is 18.4 Å². The molecule has 0 aliphatic carbocycles. The van der Waals surface area contributed by atoms with Crippen LogP contribution in [0.15, 0.2) is 15.7 Å². The number of carboxylic acids is 1. The Morgan fingerprint density at radius 2 is 2.09 bits per heavy atom. The maximum atomic E-state index is 12.7. The van der Waals surface area contributed by atoms with E-state index in [1.807, 2.05) is 11.8 Å². The van der Waals surface area contributed by atoms with Crippen LogP contribution in [0, 0.1) is 0 Å². The molecule has 1 saturated heterocycles. The molecule has 2 amide bonds. The molecule has 2 aliphatic rings. The number of amides is 2. The molecule has 2 aliphatic heterocycles. The van der Waals surface area contributed by atoms with Crippen molar-refractivity contribution >= 4 is 51.6 Å². The highest BCUT2D eigenvalue weighted by atomic mass is 35.5. The summed E-state index contributed by atoms with van der Waals surface area (Å²) in [4.78, 5) is 48.2. The van der Waals surface area contributed by atoms with Gasteiger partial charge in [0, 0.05) is 40.7 Å². The van der Waals surface area contributed by atoms with E-state index in [-0.39, 0.29) is 28.6 Å². The molecule has 1 aromatic heterocycles. The highest BCUT2D eigenvalue weighted by Gasteiger charge is 2.35. The van der Waals surface area contributed by atoms with Gasteiger partial charge in [-0.25, -0.2) is 14.8 Å². The Morgan fingerprint density at radius 3 is 2.66 bits per heavy atom. The summed E-state index contributed by atoms with van der Waals surface area (Å²) < 4.78 is 5.61. The molecule has 0 unspecified atom stereocenters. The van der Waals surface area contributed by atoms with E-state index in [4.69, 9.17) is 16.3 Å². The van der Waals surface area contributed by atoms with Crippen LogP contribution in [-0.2, 0) is 9.53 Å². The van der Waals surface area contributed by atoms with Crippen molar-refractivity contribution < 1.29 is 24.2 Å². The van der Waals surface area contributed by atoms with Gasteiger partial charge in [-0.1, -0.05) is 29.9 Å². The summed E-state index contributed by atoms with van der Waals surface area (Å²) in [6.07, 6.45) is 1.38. The van der Waals surface area contributed by atoms with Crippen molar-refractivity contribution in [2.75, 3.05) is 39.2 Å². The predicted molar refractivity (Wildman–Crippen MR) is 122 cm³/mol. The summed E-state index contributed by atoms with van der Waals surface area (Å²) in [7, 11) is 4.64. The molecule has 10 nitrogen and oxygen atoms in total. The Bertz CT molecular complexity index is 989. The van der Waals surface area contributed by atoms with Crippen LogP contribution in [-0.4, -0.2) is 84.9 Å². The van der Waals surface area contributed by atoms with Gasteiger partial charge in [-0.3, -0.25) is 9.59 Å². The van der Waals surface area contributed by atoms with Crippen molar-refractivity contribution in [2.24, 2.45) is 4.99 Å². The van der Waals surface area contributed by atoms with Crippen molar-refractivity contribution in [1.29, 1.82) is 0 Å². The number of nitrogens with zero attached hydrogens (tertiary/aromatic N) is 4. The van der Waals surface area contributed by atoms with Crippen LogP contribution in [0.4, 0.5) is 5.13 Å². The molecule has 1 aromatic rings. The maximum Gasteiger partial charge on any atom is 0.348 e. The monoisotopic (exact) mass is 483 g/mol. The third-order valence-corrected chi connectivity index (χ3v) is 6.92. The lowest BCUT2D eigenvalue weighted by atomic mass is 10.0. The van der Waals surface area contributed by atoms with Crippen molar-refractivity contribution in [3.05, 3.63) is 21.3 Å². The molecule has 0 aromatic carbocycles. The lowest BCUT2D eigenvalue weighted by Gasteiger charge is -2.37. The lowest BCUT2D eigenvalue weighted by Crippen LogP contribution is -2.55. The van der Waals surface area contributed by atoms with Gasteiger partial charge in [-0.15, -0.1) is 0 Å². The number of carbonyl (C=O) groups is 3. The molecule has 0 spiro atoms. The summed E-state index contributed by atoms with van der Waals surface area (Å²) >= 11 is 7.04. The number of carbonyl (C=O) groups excluding carboxylic acids is 2. The van der Waals surface area contributed by atoms with E-state index in [9.17, 15) is 19.5 Å². The van der Waals surface area contributed by atoms with E-state index in [0.717, 1.165) is 23.3 Å². The van der Waals surface area contributed by atoms with Crippen LogP contribution in [0.2, 0.25) is 0 Å². The van der Waals surface area contributed by atoms with Crippen LogP contribution in [0.25, 0.3) is 0 Å². The van der Waals surface area contributed by atoms with Crippen LogP contribution in [0.1, 0.15) is 46.3 Å². The number of nitrogens with one attached hydrogen (secondary N) is 1. The number of aromatic carboxylic acids is 1. The molecule has 3 rings (SSSR count). The standard InChI is InChI=1S/C20H26ClN5O5S/c1-5-10-8-12(22-16(10)21)17(27)23-11-6-7-26(9-13(11)31-4)20-24-14(18(28)25(2)3)15(32-20)19(29)30/h11,13H,5-9H2,1-4H3,(H,23,27)(H,29,30)/t11-,13+/m1/s1. The average molecular weight is 484 g/mol. The van der Waals surface area contributed by atoms with Crippen molar-refractivity contribution in [2.45, 2.75) is 38.3 Å². The molecule has 174 valence electrons. The molecule has 32 heavy (non-hydrogen) atoms. The second-order valence-electron chi connectivity index (χ2n) is 7.75. The van der Waals surface area contributed by atoms with E-state index in [2.05, 4.69) is 15.3 Å². The van der Waals surface area contributed by atoms with Gasteiger partial charge >= 0.3 is 5.97 Å². The third-order valence-electron chi connectivity index (χ3n) is 5.46. The van der Waals surface area contributed by atoms with E-state index in [0.29, 0.717) is 41.9 Å². The number of rotatable bonds is 7. The summed E-state index contributed by atoms with van der Waals surface area (Å²) in [6, 6.07) is -0.252. The van der Waals surface area contributed by atoms with Gasteiger partial charge < -0.3 is 25.0 Å².